The summed E-state index contributed by atoms with van der Waals surface area (Å²) in [5.74, 6) is 2.46. The molecule has 0 unspecified atom stereocenters. The lowest BCUT2D eigenvalue weighted by Gasteiger charge is -2.19. The normalized spacial score (nSPS) is 15.1. The second kappa shape index (κ2) is 17.3. The van der Waals surface area contributed by atoms with Crippen molar-refractivity contribution in [3.8, 4) is 23.8 Å². The number of unbranched alkanes of at least 4 members (excludes halogenated alkanes) is 3. The Hall–Kier alpha value is -7.14. The SMILES string of the molecule is C#CCOc1cccc2c(N=C3C(=O)N(CCCCCCN4C(=O)C(=Nc5cccc6c(OCC)cccc56)c5ccc(C(F)(F)F)cc54)c4cc(C(F)(F)F)ccc43)cccc12. The lowest BCUT2D eigenvalue weighted by Crippen LogP contribution is -2.31. The molecule has 8 nitrogen and oxygen atoms in total. The first-order chi connectivity index (χ1) is 30.3. The number of alkyl halides is 6. The van der Waals surface area contributed by atoms with Crippen molar-refractivity contribution in [1.82, 2.24) is 0 Å². The van der Waals surface area contributed by atoms with E-state index in [4.69, 9.17) is 25.9 Å². The number of nitrogens with zero attached hydrogens (tertiary/aromatic N) is 4. The molecule has 0 saturated heterocycles. The van der Waals surface area contributed by atoms with E-state index in [-0.39, 0.29) is 53.6 Å². The summed E-state index contributed by atoms with van der Waals surface area (Å²) in [6.45, 7) is 2.47. The van der Waals surface area contributed by atoms with Gasteiger partial charge in [-0.25, -0.2) is 9.98 Å². The summed E-state index contributed by atoms with van der Waals surface area (Å²) in [6, 6.07) is 27.6. The highest BCUT2D eigenvalue weighted by molar-refractivity contribution is 6.55. The number of hydrogen-bond acceptors (Lipinski definition) is 6. The molecule has 8 rings (SSSR count). The van der Waals surface area contributed by atoms with Crippen LogP contribution in [0.25, 0.3) is 21.5 Å². The molecule has 320 valence electrons. The second-order valence-corrected chi connectivity index (χ2v) is 14.9. The number of ether oxygens (including phenoxy) is 2. The van der Waals surface area contributed by atoms with Gasteiger partial charge in [0.2, 0.25) is 0 Å². The topological polar surface area (TPSA) is 83.8 Å². The molecule has 14 heteroatoms. The minimum atomic E-state index is -4.66. The van der Waals surface area contributed by atoms with Gasteiger partial charge in [-0.15, -0.1) is 6.42 Å². The van der Waals surface area contributed by atoms with Crippen LogP contribution in [-0.2, 0) is 21.9 Å². The van der Waals surface area contributed by atoms with E-state index >= 15 is 0 Å². The molecule has 2 heterocycles. The van der Waals surface area contributed by atoms with Crippen molar-refractivity contribution in [3.63, 3.8) is 0 Å². The van der Waals surface area contributed by atoms with E-state index in [1.807, 2.05) is 31.2 Å². The summed E-state index contributed by atoms with van der Waals surface area (Å²) in [6.07, 6.45) is -2.19. The van der Waals surface area contributed by atoms with Crippen molar-refractivity contribution in [1.29, 1.82) is 0 Å². The molecule has 0 radical (unpaired) electrons. The third-order valence-electron chi connectivity index (χ3n) is 10.9. The molecule has 0 atom stereocenters. The van der Waals surface area contributed by atoms with Gasteiger partial charge >= 0.3 is 12.4 Å². The number of terminal acetylenes is 1. The predicted octanol–water partition coefficient (Wildman–Crippen LogP) is 11.6. The second-order valence-electron chi connectivity index (χ2n) is 14.9. The van der Waals surface area contributed by atoms with Gasteiger partial charge in [-0.1, -0.05) is 67.3 Å². The van der Waals surface area contributed by atoms with Crippen LogP contribution in [0.5, 0.6) is 11.5 Å². The van der Waals surface area contributed by atoms with Crippen LogP contribution in [0.1, 0.15) is 54.9 Å². The number of fused-ring (bicyclic) bond motifs is 4. The fraction of sp³-hybridized carbons (Fsp3) is 0.224. The maximum absolute atomic E-state index is 14.0. The van der Waals surface area contributed by atoms with Crippen LogP contribution in [-0.4, -0.2) is 49.5 Å². The molecule has 63 heavy (non-hydrogen) atoms. The Balaban J connectivity index is 1.000. The molecule has 0 spiro atoms. The highest BCUT2D eigenvalue weighted by atomic mass is 19.4. The lowest BCUT2D eigenvalue weighted by molar-refractivity contribution is -0.138. The minimum absolute atomic E-state index is 0.0103. The van der Waals surface area contributed by atoms with Crippen LogP contribution in [0.3, 0.4) is 0 Å². The molecule has 6 aromatic rings. The predicted molar refractivity (Wildman–Crippen MR) is 232 cm³/mol. The highest BCUT2D eigenvalue weighted by Crippen LogP contribution is 2.41. The van der Waals surface area contributed by atoms with E-state index in [2.05, 4.69) is 5.92 Å². The van der Waals surface area contributed by atoms with Gasteiger partial charge in [0.25, 0.3) is 11.8 Å². The van der Waals surface area contributed by atoms with Crippen molar-refractivity contribution in [3.05, 3.63) is 131 Å². The Kier molecular flexibility index (Phi) is 11.7. The standard InChI is InChI=1S/C49H38F6N4O4/c1-3-27-63-43-20-12-14-33-35(43)16-10-18-39(33)57-45-37-24-22-31(49(53,54)55)29-41(37)59(47(45)61)26-8-6-5-7-25-58-40-28-30(48(50,51)52)21-23-36(40)44(46(58)60)56-38-17-9-15-34-32(38)13-11-19-42(34)62-4-2/h1,9-24,28-29H,4-8,25-27H2,2H3. The number of benzene rings is 6. The van der Waals surface area contributed by atoms with Crippen LogP contribution in [0.2, 0.25) is 0 Å². The van der Waals surface area contributed by atoms with Gasteiger partial charge in [0.1, 0.15) is 29.5 Å². The van der Waals surface area contributed by atoms with Gasteiger partial charge in [-0.05, 0) is 80.4 Å². The number of aliphatic imine (C=N–C) groups is 2. The first kappa shape index (κ1) is 42.5. The number of amides is 2. The Morgan fingerprint density at radius 1 is 0.571 bits per heavy atom. The molecule has 2 aliphatic rings. The number of anilines is 2. The van der Waals surface area contributed by atoms with Crippen molar-refractivity contribution < 1.29 is 45.4 Å². The molecule has 0 fully saturated rings. The number of halogens is 6. The summed E-state index contributed by atoms with van der Waals surface area (Å²) in [7, 11) is 0. The molecule has 0 aliphatic carbocycles. The van der Waals surface area contributed by atoms with Gasteiger partial charge in [-0.3, -0.25) is 9.59 Å². The molecule has 0 saturated carbocycles. The van der Waals surface area contributed by atoms with Crippen LogP contribution in [0, 0.1) is 12.3 Å². The third-order valence-corrected chi connectivity index (χ3v) is 10.9. The molecular weight excluding hydrogens is 823 g/mol. The number of carbonyl (C=O) groups excluding carboxylic acids is 2. The van der Waals surface area contributed by atoms with Gasteiger partial charge < -0.3 is 19.3 Å². The molecule has 0 bridgehead atoms. The quantitative estimate of drug-likeness (QED) is 0.0658. The van der Waals surface area contributed by atoms with E-state index in [0.29, 0.717) is 71.3 Å². The van der Waals surface area contributed by atoms with Crippen LogP contribution in [0.15, 0.2) is 119 Å². The number of hydrogen-bond donors (Lipinski definition) is 0. The molecule has 2 amide bonds. The molecular formula is C49H38F6N4O4. The average molecular weight is 861 g/mol. The Morgan fingerprint density at radius 2 is 1.00 bits per heavy atom. The van der Waals surface area contributed by atoms with Gasteiger partial charge in [0.15, 0.2) is 0 Å². The van der Waals surface area contributed by atoms with Crippen molar-refractivity contribution in [2.45, 2.75) is 45.0 Å². The average Bonchev–Trinajstić information content (AvgIpc) is 3.67. The van der Waals surface area contributed by atoms with Gasteiger partial charge in [0.05, 0.1) is 40.5 Å². The van der Waals surface area contributed by atoms with E-state index < -0.39 is 35.3 Å². The van der Waals surface area contributed by atoms with Gasteiger partial charge in [-0.2, -0.15) is 26.3 Å². The Bertz CT molecular complexity index is 2880. The first-order valence-electron chi connectivity index (χ1n) is 20.3. The summed E-state index contributed by atoms with van der Waals surface area (Å²) in [4.78, 5) is 40.1. The summed E-state index contributed by atoms with van der Waals surface area (Å²) >= 11 is 0. The summed E-state index contributed by atoms with van der Waals surface area (Å²) < 4.78 is 95.0. The van der Waals surface area contributed by atoms with E-state index in [0.717, 1.165) is 29.7 Å². The van der Waals surface area contributed by atoms with E-state index in [1.54, 1.807) is 48.5 Å². The smallest absolute Gasteiger partial charge is 0.416 e. The fourth-order valence-electron chi connectivity index (χ4n) is 8.01. The van der Waals surface area contributed by atoms with Crippen molar-refractivity contribution in [2.75, 3.05) is 36.1 Å². The minimum Gasteiger partial charge on any atom is -0.493 e. The zero-order valence-electron chi connectivity index (χ0n) is 33.8. The molecule has 6 aromatic carbocycles. The molecule has 0 aromatic heterocycles. The zero-order valence-corrected chi connectivity index (χ0v) is 33.8. The fourth-order valence-corrected chi connectivity index (χ4v) is 8.01. The molecule has 0 N–H and O–H groups in total. The largest absolute Gasteiger partial charge is 0.493 e. The first-order valence-corrected chi connectivity index (χ1v) is 20.3. The van der Waals surface area contributed by atoms with Crippen LogP contribution < -0.4 is 19.3 Å². The Morgan fingerprint density at radius 3 is 1.43 bits per heavy atom. The third kappa shape index (κ3) is 8.43. The van der Waals surface area contributed by atoms with Crippen LogP contribution in [0.4, 0.5) is 49.1 Å². The number of rotatable bonds is 13. The maximum atomic E-state index is 14.0. The lowest BCUT2D eigenvalue weighted by atomic mass is 10.1. The summed E-state index contributed by atoms with van der Waals surface area (Å²) in [5, 5.41) is 2.81. The van der Waals surface area contributed by atoms with E-state index in [9.17, 15) is 35.9 Å². The van der Waals surface area contributed by atoms with Crippen molar-refractivity contribution >= 4 is 67.5 Å². The van der Waals surface area contributed by atoms with Crippen LogP contribution >= 0.6 is 0 Å². The molecule has 2 aliphatic heterocycles. The van der Waals surface area contributed by atoms with Crippen molar-refractivity contribution in [2.24, 2.45) is 9.98 Å². The van der Waals surface area contributed by atoms with E-state index in [1.165, 1.54) is 21.9 Å². The highest BCUT2D eigenvalue weighted by Gasteiger charge is 2.40. The maximum Gasteiger partial charge on any atom is 0.416 e. The monoisotopic (exact) mass is 860 g/mol. The van der Waals surface area contributed by atoms with Gasteiger partial charge in [0, 0.05) is 45.8 Å². The Labute approximate surface area is 358 Å². The zero-order chi connectivity index (χ0) is 44.5. The summed E-state index contributed by atoms with van der Waals surface area (Å²) in [5.41, 5.74) is -0.249. The number of carbonyl (C=O) groups is 2.